The SMILES string of the molecule is CC#CCC(NCC)c1ccc(Cl)cc1OC. The Morgan fingerprint density at radius 1 is 1.47 bits per heavy atom. The highest BCUT2D eigenvalue weighted by molar-refractivity contribution is 6.30. The van der Waals surface area contributed by atoms with E-state index in [4.69, 9.17) is 16.3 Å². The van der Waals surface area contributed by atoms with E-state index in [1.165, 1.54) is 0 Å². The van der Waals surface area contributed by atoms with Gasteiger partial charge in [0.25, 0.3) is 0 Å². The molecule has 0 heterocycles. The number of methoxy groups -OCH3 is 1. The highest BCUT2D eigenvalue weighted by atomic mass is 35.5. The lowest BCUT2D eigenvalue weighted by Crippen LogP contribution is -2.21. The van der Waals surface area contributed by atoms with E-state index in [1.54, 1.807) is 7.11 Å². The second-order valence-electron chi connectivity index (χ2n) is 3.63. The topological polar surface area (TPSA) is 21.3 Å². The lowest BCUT2D eigenvalue weighted by molar-refractivity contribution is 0.400. The van der Waals surface area contributed by atoms with E-state index < -0.39 is 0 Å². The standard InChI is InChI=1S/C14H18ClNO/c1-4-6-7-13(16-5-2)12-9-8-11(15)10-14(12)17-3/h8-10,13,16H,5,7H2,1-3H3. The van der Waals surface area contributed by atoms with E-state index in [-0.39, 0.29) is 6.04 Å². The van der Waals surface area contributed by atoms with Gasteiger partial charge in [-0.25, -0.2) is 0 Å². The number of hydrogen-bond donors (Lipinski definition) is 1. The predicted molar refractivity (Wildman–Crippen MR) is 72.5 cm³/mol. The normalized spacial score (nSPS) is 11.5. The third kappa shape index (κ3) is 3.96. The molecule has 17 heavy (non-hydrogen) atoms. The second-order valence-corrected chi connectivity index (χ2v) is 4.06. The first-order valence-electron chi connectivity index (χ1n) is 5.69. The summed E-state index contributed by atoms with van der Waals surface area (Å²) >= 11 is 5.95. The molecule has 0 aliphatic heterocycles. The summed E-state index contributed by atoms with van der Waals surface area (Å²) in [6.07, 6.45) is 0.766. The van der Waals surface area contributed by atoms with Crippen LogP contribution in [0, 0.1) is 11.8 Å². The van der Waals surface area contributed by atoms with Crippen molar-refractivity contribution in [2.75, 3.05) is 13.7 Å². The summed E-state index contributed by atoms with van der Waals surface area (Å²) in [5, 5.41) is 4.09. The van der Waals surface area contributed by atoms with Crippen LogP contribution in [0.1, 0.15) is 31.9 Å². The Balaban J connectivity index is 3.02. The average molecular weight is 252 g/mol. The number of benzene rings is 1. The van der Waals surface area contributed by atoms with Gasteiger partial charge in [0.1, 0.15) is 5.75 Å². The molecule has 1 unspecified atom stereocenters. The Kier molecular flexibility index (Phi) is 5.90. The first-order valence-corrected chi connectivity index (χ1v) is 6.07. The molecule has 92 valence electrons. The number of nitrogens with one attached hydrogen (secondary N) is 1. The summed E-state index contributed by atoms with van der Waals surface area (Å²) in [5.41, 5.74) is 1.10. The zero-order valence-electron chi connectivity index (χ0n) is 10.5. The molecule has 1 aromatic carbocycles. The van der Waals surface area contributed by atoms with Crippen molar-refractivity contribution in [2.24, 2.45) is 0 Å². The fraction of sp³-hybridized carbons (Fsp3) is 0.429. The molecule has 0 aromatic heterocycles. The zero-order valence-corrected chi connectivity index (χ0v) is 11.3. The number of rotatable bonds is 5. The van der Waals surface area contributed by atoms with Crippen molar-refractivity contribution in [1.29, 1.82) is 0 Å². The van der Waals surface area contributed by atoms with Crippen LogP contribution >= 0.6 is 11.6 Å². The van der Waals surface area contributed by atoms with Crippen molar-refractivity contribution < 1.29 is 4.74 Å². The van der Waals surface area contributed by atoms with Crippen LogP contribution in [-0.2, 0) is 0 Å². The van der Waals surface area contributed by atoms with Crippen molar-refractivity contribution in [3.05, 3.63) is 28.8 Å². The molecule has 0 radical (unpaired) electrons. The van der Waals surface area contributed by atoms with Crippen molar-refractivity contribution >= 4 is 11.6 Å². The molecule has 1 aromatic rings. The van der Waals surface area contributed by atoms with Crippen molar-refractivity contribution in [3.8, 4) is 17.6 Å². The van der Waals surface area contributed by atoms with Gasteiger partial charge in [-0.3, -0.25) is 0 Å². The number of hydrogen-bond acceptors (Lipinski definition) is 2. The molecule has 0 bridgehead atoms. The van der Waals surface area contributed by atoms with Crippen LogP contribution in [0.4, 0.5) is 0 Å². The molecule has 0 aliphatic carbocycles. The fourth-order valence-corrected chi connectivity index (χ4v) is 1.88. The summed E-state index contributed by atoms with van der Waals surface area (Å²) in [6.45, 7) is 4.82. The van der Waals surface area contributed by atoms with E-state index in [0.717, 1.165) is 24.3 Å². The minimum atomic E-state index is 0.180. The van der Waals surface area contributed by atoms with Crippen molar-refractivity contribution in [1.82, 2.24) is 5.32 Å². The largest absolute Gasteiger partial charge is 0.496 e. The Morgan fingerprint density at radius 3 is 2.82 bits per heavy atom. The minimum Gasteiger partial charge on any atom is -0.496 e. The molecule has 1 atom stereocenters. The monoisotopic (exact) mass is 251 g/mol. The highest BCUT2D eigenvalue weighted by Crippen LogP contribution is 2.29. The van der Waals surface area contributed by atoms with Crippen LogP contribution < -0.4 is 10.1 Å². The van der Waals surface area contributed by atoms with Gasteiger partial charge >= 0.3 is 0 Å². The van der Waals surface area contributed by atoms with Crippen LogP contribution in [0.25, 0.3) is 0 Å². The highest BCUT2D eigenvalue weighted by Gasteiger charge is 2.14. The Hall–Kier alpha value is -1.17. The van der Waals surface area contributed by atoms with Crippen LogP contribution in [0.3, 0.4) is 0 Å². The first-order chi connectivity index (χ1) is 8.22. The van der Waals surface area contributed by atoms with Gasteiger partial charge in [-0.15, -0.1) is 11.8 Å². The minimum absolute atomic E-state index is 0.180. The van der Waals surface area contributed by atoms with Gasteiger partial charge in [-0.05, 0) is 25.6 Å². The van der Waals surface area contributed by atoms with Gasteiger partial charge in [0.05, 0.1) is 7.11 Å². The maximum atomic E-state index is 5.95. The predicted octanol–water partition coefficient (Wildman–Crippen LogP) is 3.41. The van der Waals surface area contributed by atoms with Gasteiger partial charge < -0.3 is 10.1 Å². The van der Waals surface area contributed by atoms with Crippen LogP contribution in [0.15, 0.2) is 18.2 Å². The quantitative estimate of drug-likeness (QED) is 0.810. The van der Waals surface area contributed by atoms with Crippen LogP contribution in [0.5, 0.6) is 5.75 Å². The third-order valence-corrected chi connectivity index (χ3v) is 2.74. The molecule has 0 saturated heterocycles. The second kappa shape index (κ2) is 7.21. The number of halogens is 1. The van der Waals surface area contributed by atoms with Gasteiger partial charge in [0.15, 0.2) is 0 Å². The van der Waals surface area contributed by atoms with Gasteiger partial charge in [-0.2, -0.15) is 0 Å². The van der Waals surface area contributed by atoms with E-state index in [0.29, 0.717) is 5.02 Å². The summed E-state index contributed by atoms with van der Waals surface area (Å²) in [7, 11) is 1.66. The smallest absolute Gasteiger partial charge is 0.125 e. The van der Waals surface area contributed by atoms with E-state index in [1.807, 2.05) is 25.1 Å². The molecule has 0 aliphatic rings. The molecule has 1 N–H and O–H groups in total. The molecule has 0 amide bonds. The molecule has 1 rings (SSSR count). The summed E-state index contributed by atoms with van der Waals surface area (Å²) in [6, 6.07) is 5.88. The maximum Gasteiger partial charge on any atom is 0.125 e. The first kappa shape index (κ1) is 13.9. The summed E-state index contributed by atoms with van der Waals surface area (Å²) in [5.74, 6) is 6.82. The van der Waals surface area contributed by atoms with Crippen LogP contribution in [0.2, 0.25) is 5.02 Å². The average Bonchev–Trinajstić information content (AvgIpc) is 2.34. The maximum absolute atomic E-state index is 5.95. The number of ether oxygens (including phenoxy) is 1. The molecule has 0 fully saturated rings. The molecule has 3 heteroatoms. The molecular weight excluding hydrogens is 234 g/mol. The molecule has 0 saturated carbocycles. The zero-order chi connectivity index (χ0) is 12.7. The van der Waals surface area contributed by atoms with Gasteiger partial charge in [0, 0.05) is 23.0 Å². The third-order valence-electron chi connectivity index (χ3n) is 2.50. The van der Waals surface area contributed by atoms with Gasteiger partial charge in [0.2, 0.25) is 0 Å². The van der Waals surface area contributed by atoms with Crippen molar-refractivity contribution in [3.63, 3.8) is 0 Å². The molecule has 0 spiro atoms. The Bertz CT molecular complexity index is 420. The van der Waals surface area contributed by atoms with Crippen LogP contribution in [-0.4, -0.2) is 13.7 Å². The Morgan fingerprint density at radius 2 is 2.24 bits per heavy atom. The van der Waals surface area contributed by atoms with Crippen molar-refractivity contribution in [2.45, 2.75) is 26.3 Å². The van der Waals surface area contributed by atoms with E-state index in [2.05, 4.69) is 24.1 Å². The lowest BCUT2D eigenvalue weighted by Gasteiger charge is -2.18. The lowest BCUT2D eigenvalue weighted by atomic mass is 10.0. The molecule has 2 nitrogen and oxygen atoms in total. The summed E-state index contributed by atoms with van der Waals surface area (Å²) in [4.78, 5) is 0. The summed E-state index contributed by atoms with van der Waals surface area (Å²) < 4.78 is 5.36. The Labute approximate surface area is 108 Å². The van der Waals surface area contributed by atoms with E-state index in [9.17, 15) is 0 Å². The molecular formula is C14H18ClNO. The van der Waals surface area contributed by atoms with E-state index >= 15 is 0 Å². The van der Waals surface area contributed by atoms with Gasteiger partial charge in [-0.1, -0.05) is 24.6 Å². The fourth-order valence-electron chi connectivity index (χ4n) is 1.72.